The van der Waals surface area contributed by atoms with Gasteiger partial charge in [0.05, 0.1) is 50.3 Å². The summed E-state index contributed by atoms with van der Waals surface area (Å²) in [6.45, 7) is 0.159. The molecule has 0 saturated carbocycles. The molecule has 5 aromatic rings. The second kappa shape index (κ2) is 14.5. The highest BCUT2D eigenvalue weighted by Crippen LogP contribution is 2.42. The molecule has 3 heterocycles. The Morgan fingerprint density at radius 1 is 0.915 bits per heavy atom. The molecule has 1 N–H and O–H groups in total. The Kier molecular flexibility index (Phi) is 9.83. The van der Waals surface area contributed by atoms with Crippen molar-refractivity contribution in [3.63, 3.8) is 0 Å². The Labute approximate surface area is 280 Å². The van der Waals surface area contributed by atoms with Gasteiger partial charge in [0.1, 0.15) is 5.75 Å². The lowest BCUT2D eigenvalue weighted by atomic mass is 9.97. The summed E-state index contributed by atoms with van der Waals surface area (Å²) >= 11 is 2.62. The maximum Gasteiger partial charge on any atom is 0.261 e. The molecule has 6 rings (SSSR count). The van der Waals surface area contributed by atoms with E-state index in [0.29, 0.717) is 33.8 Å². The lowest BCUT2D eigenvalue weighted by Gasteiger charge is -2.24. The van der Waals surface area contributed by atoms with Crippen LogP contribution < -0.4 is 19.5 Å². The van der Waals surface area contributed by atoms with Crippen LogP contribution in [0.1, 0.15) is 39.1 Å². The molecule has 240 valence electrons. The van der Waals surface area contributed by atoms with Gasteiger partial charge in [-0.15, -0.1) is 21.5 Å². The summed E-state index contributed by atoms with van der Waals surface area (Å²) in [5, 5.41) is 20.4. The van der Waals surface area contributed by atoms with Crippen LogP contribution in [0.5, 0.6) is 17.2 Å². The Morgan fingerprint density at radius 2 is 1.72 bits per heavy atom. The van der Waals surface area contributed by atoms with Crippen molar-refractivity contribution in [2.45, 2.75) is 24.2 Å². The van der Waals surface area contributed by atoms with Crippen LogP contribution in [0.2, 0.25) is 0 Å². The number of hydrogen-bond acceptors (Lipinski definition) is 10. The molecule has 3 aromatic carbocycles. The van der Waals surface area contributed by atoms with E-state index in [1.54, 1.807) is 27.4 Å². The molecular weight excluding hydrogens is 637 g/mol. The quantitative estimate of drug-likeness (QED) is 0.167. The van der Waals surface area contributed by atoms with Gasteiger partial charge in [-0.3, -0.25) is 14.2 Å². The highest BCUT2D eigenvalue weighted by molar-refractivity contribution is 7.99. The number of hydrogen-bond donors (Lipinski definition) is 1. The van der Waals surface area contributed by atoms with E-state index in [-0.39, 0.29) is 24.1 Å². The number of amides is 2. The number of ether oxygens (including phenoxy) is 3. The number of nitrogens with one attached hydrogen (secondary N) is 1. The molecule has 1 aliphatic heterocycles. The molecule has 0 bridgehead atoms. The third-order valence-electron chi connectivity index (χ3n) is 7.57. The standard InChI is InChI=1S/C34H32N6O5S2/c1-43-24-16-14-22(15-17-24)26-19-27(25-11-7-12-28(44-2)32(25)45-3)40(38-26)31(41)21-47-34-37-36-30(39(34)23-9-5-4-6-10-23)20-35-33(42)29-13-8-18-46-29/h4-18,27H,19-21H2,1-3H3,(H,35,42). The maximum absolute atomic E-state index is 14.0. The summed E-state index contributed by atoms with van der Waals surface area (Å²) < 4.78 is 18.5. The monoisotopic (exact) mass is 668 g/mol. The van der Waals surface area contributed by atoms with Crippen LogP contribution in [0, 0.1) is 0 Å². The van der Waals surface area contributed by atoms with Gasteiger partial charge in [0.15, 0.2) is 22.5 Å². The minimum absolute atomic E-state index is 0.0364. The number of methoxy groups -OCH3 is 3. The van der Waals surface area contributed by atoms with E-state index in [9.17, 15) is 9.59 Å². The third-order valence-corrected chi connectivity index (χ3v) is 9.36. The molecule has 11 nitrogen and oxygen atoms in total. The first-order valence-electron chi connectivity index (χ1n) is 14.7. The van der Waals surface area contributed by atoms with E-state index < -0.39 is 6.04 Å². The molecule has 1 atom stereocenters. The number of thiophene rings is 1. The number of aromatic nitrogens is 3. The lowest BCUT2D eigenvalue weighted by molar-refractivity contribution is -0.130. The summed E-state index contributed by atoms with van der Waals surface area (Å²) in [5.74, 6) is 2.02. The Morgan fingerprint density at radius 3 is 2.43 bits per heavy atom. The highest BCUT2D eigenvalue weighted by atomic mass is 32.2. The van der Waals surface area contributed by atoms with Crippen molar-refractivity contribution in [1.82, 2.24) is 25.1 Å². The highest BCUT2D eigenvalue weighted by Gasteiger charge is 2.36. The SMILES string of the molecule is COc1ccc(C2=NN(C(=O)CSc3nnc(CNC(=O)c4cccs4)n3-c3ccccc3)C(c3cccc(OC)c3OC)C2)cc1. The summed E-state index contributed by atoms with van der Waals surface area (Å²) in [6.07, 6.45) is 0.473. The summed E-state index contributed by atoms with van der Waals surface area (Å²) in [6, 6.07) is 26.0. The van der Waals surface area contributed by atoms with Crippen molar-refractivity contribution >= 4 is 40.6 Å². The van der Waals surface area contributed by atoms with E-state index in [1.807, 2.05) is 88.8 Å². The number of carbonyl (C=O) groups is 2. The number of benzene rings is 3. The third kappa shape index (κ3) is 6.86. The van der Waals surface area contributed by atoms with Crippen LogP contribution in [0.25, 0.3) is 5.69 Å². The minimum atomic E-state index is -0.430. The average molecular weight is 669 g/mol. The van der Waals surface area contributed by atoms with Crippen molar-refractivity contribution in [3.8, 4) is 22.9 Å². The molecule has 0 spiro atoms. The molecule has 2 amide bonds. The van der Waals surface area contributed by atoms with E-state index >= 15 is 0 Å². The number of rotatable bonds is 12. The number of carbonyl (C=O) groups excluding carboxylic acids is 2. The van der Waals surface area contributed by atoms with Gasteiger partial charge in [-0.25, -0.2) is 5.01 Å². The van der Waals surface area contributed by atoms with Gasteiger partial charge >= 0.3 is 0 Å². The number of nitrogens with zero attached hydrogens (tertiary/aromatic N) is 5. The Hall–Kier alpha value is -5.14. The largest absolute Gasteiger partial charge is 0.497 e. The second-order valence-corrected chi connectivity index (χ2v) is 12.2. The maximum atomic E-state index is 14.0. The van der Waals surface area contributed by atoms with Gasteiger partial charge in [-0.1, -0.05) is 48.2 Å². The minimum Gasteiger partial charge on any atom is -0.497 e. The van der Waals surface area contributed by atoms with E-state index in [0.717, 1.165) is 28.3 Å². The summed E-state index contributed by atoms with van der Waals surface area (Å²) in [7, 11) is 4.79. The molecule has 0 saturated heterocycles. The normalized spacial score (nSPS) is 14.1. The van der Waals surface area contributed by atoms with Crippen LogP contribution in [0.3, 0.4) is 0 Å². The number of para-hydroxylation sites is 2. The molecule has 47 heavy (non-hydrogen) atoms. The molecule has 13 heteroatoms. The van der Waals surface area contributed by atoms with Gasteiger partial charge in [-0.2, -0.15) is 5.10 Å². The van der Waals surface area contributed by atoms with Crippen LogP contribution in [-0.4, -0.2) is 64.4 Å². The molecule has 2 aromatic heterocycles. The molecule has 0 radical (unpaired) electrons. The Balaban J connectivity index is 1.27. The topological polar surface area (TPSA) is 120 Å². The summed E-state index contributed by atoms with van der Waals surface area (Å²) in [5.41, 5.74) is 3.25. The van der Waals surface area contributed by atoms with Gasteiger partial charge < -0.3 is 19.5 Å². The molecule has 1 aliphatic rings. The Bertz CT molecular complexity index is 1880. The van der Waals surface area contributed by atoms with E-state index in [1.165, 1.54) is 28.1 Å². The van der Waals surface area contributed by atoms with Crippen LogP contribution in [0.4, 0.5) is 0 Å². The van der Waals surface area contributed by atoms with Crippen LogP contribution >= 0.6 is 23.1 Å². The number of hydrazone groups is 1. The lowest BCUT2D eigenvalue weighted by Crippen LogP contribution is -2.29. The first kappa shape index (κ1) is 31.8. The van der Waals surface area contributed by atoms with Crippen LogP contribution in [-0.2, 0) is 11.3 Å². The van der Waals surface area contributed by atoms with Crippen molar-refractivity contribution in [2.75, 3.05) is 27.1 Å². The second-order valence-electron chi connectivity index (χ2n) is 10.3. The fraction of sp³-hybridized carbons (Fsp3) is 0.206. The smallest absolute Gasteiger partial charge is 0.261 e. The molecule has 0 fully saturated rings. The van der Waals surface area contributed by atoms with Crippen molar-refractivity contribution in [1.29, 1.82) is 0 Å². The van der Waals surface area contributed by atoms with Gasteiger partial charge in [0, 0.05) is 17.7 Å². The summed E-state index contributed by atoms with van der Waals surface area (Å²) in [4.78, 5) is 27.3. The average Bonchev–Trinajstić information content (AvgIpc) is 3.90. The van der Waals surface area contributed by atoms with E-state index in [4.69, 9.17) is 19.3 Å². The van der Waals surface area contributed by atoms with Crippen LogP contribution in [0.15, 0.2) is 101 Å². The first-order valence-corrected chi connectivity index (χ1v) is 16.6. The fourth-order valence-electron chi connectivity index (χ4n) is 5.31. The predicted molar refractivity (Wildman–Crippen MR) is 181 cm³/mol. The zero-order chi connectivity index (χ0) is 32.8. The molecule has 1 unspecified atom stereocenters. The zero-order valence-electron chi connectivity index (χ0n) is 26.0. The first-order chi connectivity index (χ1) is 23.0. The van der Waals surface area contributed by atoms with Gasteiger partial charge in [0.25, 0.3) is 11.8 Å². The molecular formula is C34H32N6O5S2. The number of thioether (sulfide) groups is 1. The molecule has 0 aliphatic carbocycles. The van der Waals surface area contributed by atoms with Crippen molar-refractivity contribution in [2.24, 2.45) is 5.10 Å². The van der Waals surface area contributed by atoms with E-state index in [2.05, 4.69) is 15.5 Å². The zero-order valence-corrected chi connectivity index (χ0v) is 27.6. The van der Waals surface area contributed by atoms with Gasteiger partial charge in [-0.05, 0) is 59.5 Å². The van der Waals surface area contributed by atoms with Crippen molar-refractivity contribution < 1.29 is 23.8 Å². The van der Waals surface area contributed by atoms with Gasteiger partial charge in [0.2, 0.25) is 0 Å². The fourth-order valence-corrected chi connectivity index (χ4v) is 6.77. The predicted octanol–water partition coefficient (Wildman–Crippen LogP) is 5.75. The van der Waals surface area contributed by atoms with Crippen molar-refractivity contribution in [3.05, 3.63) is 112 Å².